The Balaban J connectivity index is 1.66. The number of para-hydroxylation sites is 2. The molecule has 3 aromatic rings. The van der Waals surface area contributed by atoms with Gasteiger partial charge in [0.05, 0.1) is 27.0 Å². The van der Waals surface area contributed by atoms with Gasteiger partial charge in [-0.25, -0.2) is 9.97 Å². The van der Waals surface area contributed by atoms with E-state index in [-0.39, 0.29) is 0 Å². The smallest absolute Gasteiger partial charge is 0.160 e. The summed E-state index contributed by atoms with van der Waals surface area (Å²) in [5.74, 6) is 4.35. The topological polar surface area (TPSA) is 77.5 Å². The van der Waals surface area contributed by atoms with Gasteiger partial charge >= 0.3 is 0 Å². The summed E-state index contributed by atoms with van der Waals surface area (Å²) < 4.78 is 16.0. The van der Waals surface area contributed by atoms with Crippen molar-refractivity contribution >= 4 is 17.3 Å². The fourth-order valence-electron chi connectivity index (χ4n) is 2.98. The van der Waals surface area contributed by atoms with Gasteiger partial charge in [-0.05, 0) is 43.2 Å². The maximum atomic E-state index is 5.39. The lowest BCUT2D eigenvalue weighted by atomic mass is 10.1. The molecule has 29 heavy (non-hydrogen) atoms. The molecular weight excluding hydrogens is 368 g/mol. The van der Waals surface area contributed by atoms with Crippen LogP contribution < -0.4 is 24.8 Å². The highest BCUT2D eigenvalue weighted by atomic mass is 16.5. The fraction of sp³-hybridized carbons (Fsp3) is 0.273. The summed E-state index contributed by atoms with van der Waals surface area (Å²) in [6, 6.07) is 15.5. The zero-order valence-corrected chi connectivity index (χ0v) is 17.2. The van der Waals surface area contributed by atoms with E-state index in [1.54, 1.807) is 21.3 Å². The number of benzene rings is 2. The highest BCUT2D eigenvalue weighted by molar-refractivity contribution is 5.65. The van der Waals surface area contributed by atoms with Gasteiger partial charge in [-0.2, -0.15) is 0 Å². The number of hydrogen-bond donors (Lipinski definition) is 2. The van der Waals surface area contributed by atoms with Gasteiger partial charge in [-0.1, -0.05) is 18.2 Å². The molecule has 1 heterocycles. The quantitative estimate of drug-likeness (QED) is 0.563. The van der Waals surface area contributed by atoms with Crippen LogP contribution in [0, 0.1) is 6.92 Å². The number of rotatable bonds is 9. The van der Waals surface area contributed by atoms with Crippen LogP contribution in [0.25, 0.3) is 0 Å². The number of anilines is 3. The third-order valence-corrected chi connectivity index (χ3v) is 4.38. The summed E-state index contributed by atoms with van der Waals surface area (Å²) in [6.07, 6.45) is 0.818. The highest BCUT2D eigenvalue weighted by Crippen LogP contribution is 2.28. The van der Waals surface area contributed by atoms with Crippen molar-refractivity contribution in [2.24, 2.45) is 0 Å². The zero-order chi connectivity index (χ0) is 20.6. The highest BCUT2D eigenvalue weighted by Gasteiger charge is 2.07. The van der Waals surface area contributed by atoms with Crippen LogP contribution in [-0.2, 0) is 6.42 Å². The molecule has 0 amide bonds. The molecule has 0 radical (unpaired) electrons. The van der Waals surface area contributed by atoms with Crippen LogP contribution in [0.3, 0.4) is 0 Å². The van der Waals surface area contributed by atoms with Crippen LogP contribution in [0.15, 0.2) is 48.5 Å². The molecule has 7 heteroatoms. The van der Waals surface area contributed by atoms with Crippen LogP contribution in [0.4, 0.5) is 17.3 Å². The van der Waals surface area contributed by atoms with Crippen molar-refractivity contribution in [3.63, 3.8) is 0 Å². The number of nitrogens with one attached hydrogen (secondary N) is 2. The Bertz CT molecular complexity index is 963. The van der Waals surface area contributed by atoms with Crippen molar-refractivity contribution in [3.8, 4) is 17.2 Å². The van der Waals surface area contributed by atoms with E-state index in [0.29, 0.717) is 11.6 Å². The summed E-state index contributed by atoms with van der Waals surface area (Å²) >= 11 is 0. The Hall–Kier alpha value is -3.48. The van der Waals surface area contributed by atoms with Crippen LogP contribution in [0.2, 0.25) is 0 Å². The molecule has 0 spiro atoms. The molecule has 0 aliphatic heterocycles. The Morgan fingerprint density at radius 3 is 2.28 bits per heavy atom. The van der Waals surface area contributed by atoms with Crippen molar-refractivity contribution in [1.82, 2.24) is 9.97 Å². The largest absolute Gasteiger partial charge is 0.495 e. The molecule has 0 saturated carbocycles. The lowest BCUT2D eigenvalue weighted by molar-refractivity contribution is 0.354. The predicted molar refractivity (Wildman–Crippen MR) is 115 cm³/mol. The minimum Gasteiger partial charge on any atom is -0.495 e. The van der Waals surface area contributed by atoms with Crippen molar-refractivity contribution in [3.05, 3.63) is 59.9 Å². The molecule has 152 valence electrons. The molecule has 0 aliphatic rings. The molecule has 0 aliphatic carbocycles. The van der Waals surface area contributed by atoms with Crippen molar-refractivity contribution < 1.29 is 14.2 Å². The first-order chi connectivity index (χ1) is 14.1. The summed E-state index contributed by atoms with van der Waals surface area (Å²) in [4.78, 5) is 8.94. The number of methoxy groups -OCH3 is 3. The number of hydrogen-bond acceptors (Lipinski definition) is 7. The van der Waals surface area contributed by atoms with E-state index in [4.69, 9.17) is 14.2 Å². The average Bonchev–Trinajstić information content (AvgIpc) is 2.73. The molecule has 2 aromatic carbocycles. The first-order valence-corrected chi connectivity index (χ1v) is 9.33. The molecule has 0 atom stereocenters. The van der Waals surface area contributed by atoms with E-state index < -0.39 is 0 Å². The lowest BCUT2D eigenvalue weighted by Gasteiger charge is -2.13. The van der Waals surface area contributed by atoms with Gasteiger partial charge in [-0.3, -0.25) is 0 Å². The Morgan fingerprint density at radius 2 is 1.52 bits per heavy atom. The van der Waals surface area contributed by atoms with Gasteiger partial charge in [0.1, 0.15) is 23.2 Å². The molecule has 0 fully saturated rings. The zero-order valence-electron chi connectivity index (χ0n) is 17.2. The average molecular weight is 394 g/mol. The van der Waals surface area contributed by atoms with Crippen LogP contribution in [0.1, 0.15) is 11.4 Å². The normalized spacial score (nSPS) is 10.3. The molecular formula is C22H26N4O3. The minimum absolute atomic E-state index is 0.679. The molecule has 0 bridgehead atoms. The Labute approximate surface area is 171 Å². The van der Waals surface area contributed by atoms with E-state index >= 15 is 0 Å². The monoisotopic (exact) mass is 394 g/mol. The summed E-state index contributed by atoms with van der Waals surface area (Å²) in [5.41, 5.74) is 2.00. The first-order valence-electron chi connectivity index (χ1n) is 9.33. The summed E-state index contributed by atoms with van der Waals surface area (Å²) in [6.45, 7) is 2.59. The van der Waals surface area contributed by atoms with Crippen molar-refractivity contribution in [2.45, 2.75) is 13.3 Å². The molecule has 3 rings (SSSR count). The van der Waals surface area contributed by atoms with E-state index in [1.165, 1.54) is 0 Å². The number of nitrogens with zero attached hydrogens (tertiary/aromatic N) is 2. The number of aromatic nitrogens is 2. The SMILES string of the molecule is COc1ccccc1Nc1cc(NCCc2ccc(OC)c(OC)c2)nc(C)n1. The van der Waals surface area contributed by atoms with Crippen LogP contribution in [-0.4, -0.2) is 37.8 Å². The van der Waals surface area contributed by atoms with E-state index in [9.17, 15) is 0 Å². The number of aryl methyl sites for hydroxylation is 1. The van der Waals surface area contributed by atoms with Gasteiger partial charge in [0, 0.05) is 12.6 Å². The third-order valence-electron chi connectivity index (χ3n) is 4.38. The Kier molecular flexibility index (Phi) is 6.73. The standard InChI is InChI=1S/C22H26N4O3/c1-15-24-21(14-22(25-15)26-17-7-5-6-8-18(17)27-2)23-12-11-16-9-10-19(28-3)20(13-16)29-4/h5-10,13-14H,11-12H2,1-4H3,(H2,23,24,25,26). The second kappa shape index (κ2) is 9.64. The van der Waals surface area contributed by atoms with Gasteiger partial charge in [0.15, 0.2) is 11.5 Å². The fourth-order valence-corrected chi connectivity index (χ4v) is 2.98. The second-order valence-electron chi connectivity index (χ2n) is 6.38. The summed E-state index contributed by atoms with van der Waals surface area (Å²) in [7, 11) is 4.92. The molecule has 0 saturated heterocycles. The van der Waals surface area contributed by atoms with E-state index in [0.717, 1.165) is 47.3 Å². The van der Waals surface area contributed by atoms with E-state index in [2.05, 4.69) is 20.6 Å². The van der Waals surface area contributed by atoms with Crippen molar-refractivity contribution in [1.29, 1.82) is 0 Å². The molecule has 1 aromatic heterocycles. The van der Waals surface area contributed by atoms with Crippen LogP contribution in [0.5, 0.6) is 17.2 Å². The van der Waals surface area contributed by atoms with Gasteiger partial charge in [0.25, 0.3) is 0 Å². The first kappa shape index (κ1) is 20.3. The van der Waals surface area contributed by atoms with Crippen molar-refractivity contribution in [2.75, 3.05) is 38.5 Å². The van der Waals surface area contributed by atoms with Gasteiger partial charge in [0.2, 0.25) is 0 Å². The maximum absolute atomic E-state index is 5.39. The maximum Gasteiger partial charge on any atom is 0.160 e. The van der Waals surface area contributed by atoms with E-state index in [1.807, 2.05) is 55.5 Å². The molecule has 7 nitrogen and oxygen atoms in total. The van der Waals surface area contributed by atoms with Gasteiger partial charge < -0.3 is 24.8 Å². The second-order valence-corrected chi connectivity index (χ2v) is 6.38. The third kappa shape index (κ3) is 5.28. The summed E-state index contributed by atoms with van der Waals surface area (Å²) in [5, 5.41) is 6.65. The van der Waals surface area contributed by atoms with Crippen LogP contribution >= 0.6 is 0 Å². The minimum atomic E-state index is 0.679. The number of ether oxygens (including phenoxy) is 3. The Morgan fingerprint density at radius 1 is 0.793 bits per heavy atom. The molecule has 2 N–H and O–H groups in total. The molecule has 0 unspecified atom stereocenters. The van der Waals surface area contributed by atoms with Gasteiger partial charge in [-0.15, -0.1) is 0 Å². The predicted octanol–water partition coefficient (Wildman–Crippen LogP) is 4.21. The lowest BCUT2D eigenvalue weighted by Crippen LogP contribution is -2.09.